The zero-order valence-corrected chi connectivity index (χ0v) is 16.4. The molecule has 2 aromatic heterocycles. The summed E-state index contributed by atoms with van der Waals surface area (Å²) in [6.45, 7) is 1.51. The van der Waals surface area contributed by atoms with Crippen molar-refractivity contribution in [3.63, 3.8) is 0 Å². The van der Waals surface area contributed by atoms with E-state index in [9.17, 15) is 9.90 Å². The molecule has 0 aliphatic carbocycles. The second-order valence-electron chi connectivity index (χ2n) is 6.93. The number of carboxylic acid groups (broad SMARTS) is 1. The maximum Gasteiger partial charge on any atom is 0.335 e. The molecule has 0 spiro atoms. The Morgan fingerprint density at radius 3 is 2.47 bits per heavy atom. The summed E-state index contributed by atoms with van der Waals surface area (Å²) in [5.74, 6) is 0.396. The van der Waals surface area contributed by atoms with Gasteiger partial charge in [-0.3, -0.25) is 4.57 Å². The van der Waals surface area contributed by atoms with Gasteiger partial charge in [0, 0.05) is 18.1 Å². The van der Waals surface area contributed by atoms with Crippen molar-refractivity contribution in [3.8, 4) is 5.69 Å². The molecule has 0 saturated carbocycles. The highest BCUT2D eigenvalue weighted by atomic mass is 35.5. The topological polar surface area (TPSA) is 102 Å². The summed E-state index contributed by atoms with van der Waals surface area (Å²) >= 11 is 6.07. The second kappa shape index (κ2) is 7.27. The van der Waals surface area contributed by atoms with Crippen LogP contribution in [0.3, 0.4) is 0 Å². The number of aromatic nitrogens is 6. The molecule has 0 bridgehead atoms. The van der Waals surface area contributed by atoms with Crippen LogP contribution in [0.5, 0.6) is 0 Å². The largest absolute Gasteiger partial charge is 0.478 e. The first-order chi connectivity index (χ1) is 14.6. The average Bonchev–Trinajstić information content (AvgIpc) is 3.47. The Labute approximate surface area is 176 Å². The van der Waals surface area contributed by atoms with Crippen molar-refractivity contribution in [2.75, 3.05) is 4.90 Å². The van der Waals surface area contributed by atoms with E-state index in [1.807, 2.05) is 34.9 Å². The number of fused-ring (bicyclic) bond motifs is 1. The smallest absolute Gasteiger partial charge is 0.335 e. The zero-order valence-electron chi connectivity index (χ0n) is 15.7. The minimum atomic E-state index is -0.936. The monoisotopic (exact) mass is 421 g/mol. The number of benzene rings is 2. The molecule has 2 aromatic carbocycles. The van der Waals surface area contributed by atoms with Gasteiger partial charge in [-0.25, -0.2) is 4.79 Å². The van der Waals surface area contributed by atoms with Crippen molar-refractivity contribution in [1.82, 2.24) is 29.8 Å². The maximum atomic E-state index is 11.3. The lowest BCUT2D eigenvalue weighted by atomic mass is 10.1. The number of rotatable bonds is 5. The molecule has 10 heteroatoms. The van der Waals surface area contributed by atoms with Gasteiger partial charge in [0.05, 0.1) is 23.6 Å². The van der Waals surface area contributed by atoms with Gasteiger partial charge < -0.3 is 10.0 Å². The lowest BCUT2D eigenvalue weighted by Crippen LogP contribution is -2.20. The van der Waals surface area contributed by atoms with Crippen molar-refractivity contribution in [1.29, 1.82) is 0 Å². The van der Waals surface area contributed by atoms with Crippen molar-refractivity contribution >= 4 is 23.5 Å². The Morgan fingerprint density at radius 1 is 1.00 bits per heavy atom. The van der Waals surface area contributed by atoms with Crippen LogP contribution < -0.4 is 4.90 Å². The van der Waals surface area contributed by atoms with Gasteiger partial charge in [-0.1, -0.05) is 17.7 Å². The maximum absolute atomic E-state index is 11.3. The standard InChI is InChI=1S/C20H16ClN7O2/c21-16-3-5-17(6-4-16)28-18(12-27-22-7-8-23-27)24-25-20(28)26-10-14-2-1-13(19(29)30)9-15(14)11-26/h1-9H,10-12H2,(H,29,30). The SMILES string of the molecule is O=C(O)c1ccc2c(c1)CN(c1nnc(Cn3nccn3)n1-c1ccc(Cl)cc1)C2. The fourth-order valence-electron chi connectivity index (χ4n) is 3.59. The van der Waals surface area contributed by atoms with Crippen LogP contribution in [0.25, 0.3) is 5.69 Å². The summed E-state index contributed by atoms with van der Waals surface area (Å²) in [4.78, 5) is 14.9. The van der Waals surface area contributed by atoms with Gasteiger partial charge in [0.2, 0.25) is 5.95 Å². The molecule has 30 heavy (non-hydrogen) atoms. The minimum absolute atomic E-state index is 0.278. The second-order valence-corrected chi connectivity index (χ2v) is 7.37. The van der Waals surface area contributed by atoms with Crippen LogP contribution in [-0.2, 0) is 19.6 Å². The molecular formula is C20H16ClN7O2. The fourth-order valence-corrected chi connectivity index (χ4v) is 3.72. The van der Waals surface area contributed by atoms with Gasteiger partial charge in [-0.15, -0.1) is 10.2 Å². The van der Waals surface area contributed by atoms with E-state index in [0.717, 1.165) is 16.8 Å². The van der Waals surface area contributed by atoms with Crippen molar-refractivity contribution < 1.29 is 9.90 Å². The van der Waals surface area contributed by atoms with Crippen LogP contribution in [0, 0.1) is 0 Å². The lowest BCUT2D eigenvalue weighted by molar-refractivity contribution is 0.0696. The van der Waals surface area contributed by atoms with E-state index in [-0.39, 0.29) is 5.56 Å². The summed E-state index contributed by atoms with van der Waals surface area (Å²) in [5, 5.41) is 27.1. The van der Waals surface area contributed by atoms with Gasteiger partial charge >= 0.3 is 5.97 Å². The highest BCUT2D eigenvalue weighted by Gasteiger charge is 2.26. The first-order valence-corrected chi connectivity index (χ1v) is 9.60. The van der Waals surface area contributed by atoms with Crippen LogP contribution in [0.2, 0.25) is 5.02 Å². The predicted octanol–water partition coefficient (Wildman–Crippen LogP) is 2.78. The number of hydrogen-bond donors (Lipinski definition) is 1. The molecule has 1 N–H and O–H groups in total. The van der Waals surface area contributed by atoms with Gasteiger partial charge in [0.15, 0.2) is 5.82 Å². The number of anilines is 1. The van der Waals surface area contributed by atoms with Crippen LogP contribution in [-0.4, -0.2) is 40.8 Å². The van der Waals surface area contributed by atoms with Gasteiger partial charge in [-0.05, 0) is 47.5 Å². The average molecular weight is 422 g/mol. The van der Waals surface area contributed by atoms with E-state index in [0.29, 0.717) is 36.4 Å². The molecule has 150 valence electrons. The molecule has 1 aliphatic rings. The third kappa shape index (κ3) is 3.29. The highest BCUT2D eigenvalue weighted by molar-refractivity contribution is 6.30. The molecule has 0 saturated heterocycles. The molecule has 0 fully saturated rings. The molecule has 5 rings (SSSR count). The van der Waals surface area contributed by atoms with E-state index in [2.05, 4.69) is 25.3 Å². The Bertz CT molecular complexity index is 1220. The highest BCUT2D eigenvalue weighted by Crippen LogP contribution is 2.30. The molecular weight excluding hydrogens is 406 g/mol. The molecule has 9 nitrogen and oxygen atoms in total. The van der Waals surface area contributed by atoms with Crippen LogP contribution in [0.4, 0.5) is 5.95 Å². The van der Waals surface area contributed by atoms with Gasteiger partial charge in [0.25, 0.3) is 0 Å². The normalized spacial score (nSPS) is 12.9. The Kier molecular flexibility index (Phi) is 4.44. The van der Waals surface area contributed by atoms with Crippen molar-refractivity contribution in [2.45, 2.75) is 19.6 Å². The summed E-state index contributed by atoms with van der Waals surface area (Å²) in [5.41, 5.74) is 3.18. The summed E-state index contributed by atoms with van der Waals surface area (Å²) in [7, 11) is 0. The molecule has 0 atom stereocenters. The Hall–Kier alpha value is -3.72. The van der Waals surface area contributed by atoms with Crippen molar-refractivity contribution in [2.24, 2.45) is 0 Å². The molecule has 0 unspecified atom stereocenters. The Balaban J connectivity index is 1.54. The first kappa shape index (κ1) is 18.3. The third-order valence-corrected chi connectivity index (χ3v) is 5.26. The first-order valence-electron chi connectivity index (χ1n) is 9.23. The quantitative estimate of drug-likeness (QED) is 0.528. The number of carbonyl (C=O) groups is 1. The lowest BCUT2D eigenvalue weighted by Gasteiger charge is -2.18. The Morgan fingerprint density at radius 2 is 1.73 bits per heavy atom. The summed E-state index contributed by atoms with van der Waals surface area (Å²) < 4.78 is 1.95. The van der Waals surface area contributed by atoms with E-state index in [4.69, 9.17) is 11.6 Å². The fraction of sp³-hybridized carbons (Fsp3) is 0.150. The number of hydrogen-bond acceptors (Lipinski definition) is 6. The van der Waals surface area contributed by atoms with Crippen molar-refractivity contribution in [3.05, 3.63) is 82.4 Å². The molecule has 3 heterocycles. The van der Waals surface area contributed by atoms with Gasteiger partial charge in [-0.2, -0.15) is 15.0 Å². The van der Waals surface area contributed by atoms with Gasteiger partial charge in [0.1, 0.15) is 6.54 Å². The number of aromatic carboxylic acids is 1. The van der Waals surface area contributed by atoms with Crippen LogP contribution in [0.1, 0.15) is 27.3 Å². The zero-order chi connectivity index (χ0) is 20.7. The summed E-state index contributed by atoms with van der Waals surface area (Å²) in [6, 6.07) is 12.6. The van der Waals surface area contributed by atoms with Crippen LogP contribution >= 0.6 is 11.6 Å². The number of carboxylic acids is 1. The number of halogens is 1. The van der Waals surface area contributed by atoms with E-state index < -0.39 is 5.97 Å². The van der Waals surface area contributed by atoms with E-state index in [1.54, 1.807) is 24.5 Å². The minimum Gasteiger partial charge on any atom is -0.478 e. The molecule has 4 aromatic rings. The molecule has 0 amide bonds. The molecule has 1 aliphatic heterocycles. The number of nitrogens with zero attached hydrogens (tertiary/aromatic N) is 7. The van der Waals surface area contributed by atoms with Crippen LogP contribution in [0.15, 0.2) is 54.9 Å². The third-order valence-electron chi connectivity index (χ3n) is 5.01. The van der Waals surface area contributed by atoms with E-state index in [1.165, 1.54) is 4.80 Å². The predicted molar refractivity (Wildman–Crippen MR) is 109 cm³/mol. The summed E-state index contributed by atoms with van der Waals surface area (Å²) in [6.07, 6.45) is 3.22. The van der Waals surface area contributed by atoms with E-state index >= 15 is 0 Å². The molecule has 0 radical (unpaired) electrons.